The van der Waals surface area contributed by atoms with Crippen LogP contribution in [0.25, 0.3) is 21.9 Å². The van der Waals surface area contributed by atoms with E-state index in [1.165, 1.54) is 11.3 Å². The van der Waals surface area contributed by atoms with Gasteiger partial charge in [-0.05, 0) is 48.0 Å². The van der Waals surface area contributed by atoms with Crippen LogP contribution in [-0.4, -0.2) is 17.5 Å². The summed E-state index contributed by atoms with van der Waals surface area (Å²) in [4.78, 5) is 16.5. The second-order valence-corrected chi connectivity index (χ2v) is 7.46. The fourth-order valence-corrected chi connectivity index (χ4v) is 3.76. The first-order valence-electron chi connectivity index (χ1n) is 9.27. The first-order chi connectivity index (χ1) is 14.7. The van der Waals surface area contributed by atoms with Crippen LogP contribution in [0.5, 0.6) is 5.75 Å². The summed E-state index contributed by atoms with van der Waals surface area (Å²) in [5, 5.41) is 13.0. The van der Waals surface area contributed by atoms with E-state index in [2.05, 4.69) is 16.4 Å². The molecule has 0 saturated heterocycles. The van der Waals surface area contributed by atoms with Crippen molar-refractivity contribution in [1.29, 1.82) is 5.26 Å². The Balaban J connectivity index is 1.41. The van der Waals surface area contributed by atoms with Crippen molar-refractivity contribution in [1.82, 2.24) is 4.98 Å². The van der Waals surface area contributed by atoms with E-state index in [1.54, 1.807) is 18.2 Å². The number of para-hydroxylation sites is 2. The molecule has 4 aromatic rings. The number of hydrogen-bond donors (Lipinski definition) is 1. The molecule has 0 atom stereocenters. The molecule has 4 rings (SSSR count). The Morgan fingerprint density at radius 3 is 2.50 bits per heavy atom. The van der Waals surface area contributed by atoms with Gasteiger partial charge in [0.25, 0.3) is 5.91 Å². The smallest absolute Gasteiger partial charge is 0.262 e. The number of aromatic nitrogens is 1. The van der Waals surface area contributed by atoms with Crippen LogP contribution in [0.2, 0.25) is 0 Å². The molecule has 0 spiro atoms. The average Bonchev–Trinajstić information content (AvgIpc) is 3.21. The van der Waals surface area contributed by atoms with E-state index >= 15 is 0 Å². The number of carbonyl (C=O) groups is 1. The minimum Gasteiger partial charge on any atom is -0.484 e. The van der Waals surface area contributed by atoms with Crippen LogP contribution in [0, 0.1) is 11.3 Å². The number of hydrogen-bond acceptors (Lipinski definition) is 5. The summed E-state index contributed by atoms with van der Waals surface area (Å²) in [6, 6.07) is 26.5. The standard InChI is InChI=1S/C24H17N3O2S/c25-15-18(24-27-21-8-4-5-9-22(21)30-24)14-17-10-12-20(13-11-17)29-16-23(28)26-19-6-2-1-3-7-19/h1-14H,16H2,(H,26,28). The van der Waals surface area contributed by atoms with Crippen molar-refractivity contribution in [2.75, 3.05) is 11.9 Å². The van der Waals surface area contributed by atoms with Gasteiger partial charge in [-0.3, -0.25) is 4.79 Å². The van der Waals surface area contributed by atoms with Crippen LogP contribution >= 0.6 is 11.3 Å². The molecule has 1 aromatic heterocycles. The number of nitriles is 1. The van der Waals surface area contributed by atoms with Gasteiger partial charge in [0.05, 0.1) is 15.8 Å². The number of thiazole rings is 1. The van der Waals surface area contributed by atoms with Gasteiger partial charge in [0.2, 0.25) is 0 Å². The lowest BCUT2D eigenvalue weighted by Gasteiger charge is -2.07. The van der Waals surface area contributed by atoms with Gasteiger partial charge in [0.1, 0.15) is 16.8 Å². The topological polar surface area (TPSA) is 75.0 Å². The highest BCUT2D eigenvalue weighted by Gasteiger charge is 2.09. The third-order valence-corrected chi connectivity index (χ3v) is 5.33. The highest BCUT2D eigenvalue weighted by Crippen LogP contribution is 2.28. The predicted molar refractivity (Wildman–Crippen MR) is 120 cm³/mol. The second kappa shape index (κ2) is 9.03. The van der Waals surface area contributed by atoms with Crippen molar-refractivity contribution >= 4 is 44.8 Å². The second-order valence-electron chi connectivity index (χ2n) is 6.43. The van der Waals surface area contributed by atoms with E-state index in [9.17, 15) is 10.1 Å². The molecule has 30 heavy (non-hydrogen) atoms. The Morgan fingerprint density at radius 2 is 1.77 bits per heavy atom. The molecule has 0 unspecified atom stereocenters. The maximum absolute atomic E-state index is 12.0. The monoisotopic (exact) mass is 411 g/mol. The van der Waals surface area contributed by atoms with Gasteiger partial charge in [-0.25, -0.2) is 4.98 Å². The molecule has 1 heterocycles. The quantitative estimate of drug-likeness (QED) is 0.432. The number of ether oxygens (including phenoxy) is 1. The van der Waals surface area contributed by atoms with Crippen molar-refractivity contribution in [2.45, 2.75) is 0 Å². The maximum atomic E-state index is 12.0. The first-order valence-corrected chi connectivity index (χ1v) is 10.1. The Labute approximate surface area is 177 Å². The summed E-state index contributed by atoms with van der Waals surface area (Å²) >= 11 is 1.49. The predicted octanol–water partition coefficient (Wildman–Crippen LogP) is 5.38. The fourth-order valence-electron chi connectivity index (χ4n) is 2.82. The third kappa shape index (κ3) is 4.72. The molecular weight excluding hydrogens is 394 g/mol. The maximum Gasteiger partial charge on any atom is 0.262 e. The Bertz CT molecular complexity index is 1210. The number of nitrogens with zero attached hydrogens (tertiary/aromatic N) is 2. The minimum absolute atomic E-state index is 0.0841. The van der Waals surface area contributed by atoms with Gasteiger partial charge in [-0.1, -0.05) is 42.5 Å². The van der Waals surface area contributed by atoms with Gasteiger partial charge in [0, 0.05) is 5.69 Å². The highest BCUT2D eigenvalue weighted by molar-refractivity contribution is 7.19. The molecule has 0 aliphatic heterocycles. The number of amides is 1. The van der Waals surface area contributed by atoms with E-state index in [-0.39, 0.29) is 12.5 Å². The summed E-state index contributed by atoms with van der Waals surface area (Å²) in [5.74, 6) is 0.349. The molecule has 146 valence electrons. The molecule has 0 aliphatic carbocycles. The van der Waals surface area contributed by atoms with Crippen molar-refractivity contribution in [3.8, 4) is 11.8 Å². The van der Waals surface area contributed by atoms with Crippen LogP contribution in [0.15, 0.2) is 78.9 Å². The molecule has 1 amide bonds. The largest absolute Gasteiger partial charge is 0.484 e. The van der Waals surface area contributed by atoms with E-state index in [0.717, 1.165) is 21.5 Å². The molecule has 5 nitrogen and oxygen atoms in total. The Hall–Kier alpha value is -3.95. The summed E-state index contributed by atoms with van der Waals surface area (Å²) in [5.41, 5.74) is 2.97. The minimum atomic E-state index is -0.229. The third-order valence-electron chi connectivity index (χ3n) is 4.26. The number of anilines is 1. The van der Waals surface area contributed by atoms with E-state index < -0.39 is 0 Å². The molecule has 0 fully saturated rings. The lowest BCUT2D eigenvalue weighted by molar-refractivity contribution is -0.118. The number of benzene rings is 3. The summed E-state index contributed by atoms with van der Waals surface area (Å²) in [6.07, 6.45) is 1.80. The Kier molecular flexibility index (Phi) is 5.83. The fraction of sp³-hybridized carbons (Fsp3) is 0.0417. The zero-order valence-corrected chi connectivity index (χ0v) is 16.7. The zero-order valence-electron chi connectivity index (χ0n) is 15.9. The molecule has 0 saturated carbocycles. The molecule has 0 aliphatic rings. The van der Waals surface area contributed by atoms with Crippen LogP contribution < -0.4 is 10.1 Å². The first kappa shape index (κ1) is 19.4. The molecule has 6 heteroatoms. The van der Waals surface area contributed by atoms with Crippen LogP contribution in [0.3, 0.4) is 0 Å². The lowest BCUT2D eigenvalue weighted by Crippen LogP contribution is -2.20. The molecule has 3 aromatic carbocycles. The molecule has 1 N–H and O–H groups in total. The normalized spacial score (nSPS) is 11.1. The summed E-state index contributed by atoms with van der Waals surface area (Å²) in [6.45, 7) is -0.0841. The van der Waals surface area contributed by atoms with Crippen LogP contribution in [0.1, 0.15) is 10.6 Å². The van der Waals surface area contributed by atoms with Gasteiger partial charge in [-0.2, -0.15) is 5.26 Å². The van der Waals surface area contributed by atoms with Crippen LogP contribution in [-0.2, 0) is 4.79 Å². The number of carbonyl (C=O) groups excluding carboxylic acids is 1. The van der Waals surface area contributed by atoms with Crippen molar-refractivity contribution in [3.05, 3.63) is 89.4 Å². The summed E-state index contributed by atoms with van der Waals surface area (Å²) < 4.78 is 6.59. The van der Waals surface area contributed by atoms with Gasteiger partial charge >= 0.3 is 0 Å². The van der Waals surface area contributed by atoms with Crippen LogP contribution in [0.4, 0.5) is 5.69 Å². The lowest BCUT2D eigenvalue weighted by atomic mass is 10.1. The molecule has 0 bridgehead atoms. The van der Waals surface area contributed by atoms with Crippen molar-refractivity contribution < 1.29 is 9.53 Å². The number of rotatable bonds is 6. The van der Waals surface area contributed by atoms with E-state index in [4.69, 9.17) is 4.74 Å². The van der Waals surface area contributed by atoms with Gasteiger partial charge < -0.3 is 10.1 Å². The zero-order chi connectivity index (χ0) is 20.8. The van der Waals surface area contributed by atoms with Crippen molar-refractivity contribution in [2.24, 2.45) is 0 Å². The SMILES string of the molecule is N#CC(=Cc1ccc(OCC(=O)Nc2ccccc2)cc1)c1nc2ccccc2s1. The van der Waals surface area contributed by atoms with Gasteiger partial charge in [-0.15, -0.1) is 11.3 Å². The highest BCUT2D eigenvalue weighted by atomic mass is 32.1. The number of nitrogens with one attached hydrogen (secondary N) is 1. The average molecular weight is 411 g/mol. The molecular formula is C24H17N3O2S. The number of allylic oxidation sites excluding steroid dienone is 1. The van der Waals surface area contributed by atoms with E-state index in [1.807, 2.05) is 66.7 Å². The van der Waals surface area contributed by atoms with Crippen molar-refractivity contribution in [3.63, 3.8) is 0 Å². The molecule has 0 radical (unpaired) electrons. The van der Waals surface area contributed by atoms with Gasteiger partial charge in [0.15, 0.2) is 6.61 Å². The summed E-state index contributed by atoms with van der Waals surface area (Å²) in [7, 11) is 0. The Morgan fingerprint density at radius 1 is 1.03 bits per heavy atom. The number of fused-ring (bicyclic) bond motifs is 1. The van der Waals surface area contributed by atoms with E-state index in [0.29, 0.717) is 16.3 Å².